The Balaban J connectivity index is 1.31. The smallest absolute Gasteiger partial charge is 0.293 e. The van der Waals surface area contributed by atoms with Crippen LogP contribution in [0.25, 0.3) is 0 Å². The van der Waals surface area contributed by atoms with E-state index in [1.807, 2.05) is 17.7 Å². The van der Waals surface area contributed by atoms with Crippen molar-refractivity contribution in [2.75, 3.05) is 36.0 Å². The van der Waals surface area contributed by atoms with Crippen molar-refractivity contribution in [2.24, 2.45) is 17.8 Å². The van der Waals surface area contributed by atoms with Crippen molar-refractivity contribution in [2.45, 2.75) is 33.2 Å². The van der Waals surface area contributed by atoms with E-state index < -0.39 is 0 Å². The molecule has 0 bridgehead atoms. The highest BCUT2D eigenvalue weighted by Crippen LogP contribution is 2.35. The van der Waals surface area contributed by atoms with Crippen molar-refractivity contribution in [3.63, 3.8) is 0 Å². The fraction of sp³-hybridized carbons (Fsp3) is 0.600. The second kappa shape index (κ2) is 6.32. The molecule has 2 aromatic heterocycles. The summed E-state index contributed by atoms with van der Waals surface area (Å²) in [4.78, 5) is 30.7. The van der Waals surface area contributed by atoms with Gasteiger partial charge in [0.15, 0.2) is 5.82 Å². The first-order valence-corrected chi connectivity index (χ1v) is 9.93. The van der Waals surface area contributed by atoms with E-state index in [0.29, 0.717) is 23.6 Å². The van der Waals surface area contributed by atoms with Gasteiger partial charge in [0.2, 0.25) is 0 Å². The second-order valence-corrected chi connectivity index (χ2v) is 8.39. The van der Waals surface area contributed by atoms with E-state index in [1.54, 1.807) is 12.5 Å². The minimum atomic E-state index is 0.0727. The van der Waals surface area contributed by atoms with Crippen molar-refractivity contribution in [1.82, 2.24) is 19.5 Å². The van der Waals surface area contributed by atoms with Gasteiger partial charge in [0.1, 0.15) is 12.1 Å². The number of fused-ring (bicyclic) bond motifs is 1. The van der Waals surface area contributed by atoms with Crippen LogP contribution in [0, 0.1) is 31.6 Å². The third-order valence-electron chi connectivity index (χ3n) is 6.44. The molecule has 0 aromatic carbocycles. The van der Waals surface area contributed by atoms with Crippen LogP contribution in [0.15, 0.2) is 23.5 Å². The van der Waals surface area contributed by atoms with Crippen LogP contribution in [0.1, 0.15) is 24.1 Å². The fourth-order valence-corrected chi connectivity index (χ4v) is 4.56. The van der Waals surface area contributed by atoms with Gasteiger partial charge in [-0.05, 0) is 32.6 Å². The summed E-state index contributed by atoms with van der Waals surface area (Å²) >= 11 is 0. The molecule has 2 aromatic rings. The van der Waals surface area contributed by atoms with Crippen molar-refractivity contribution in [3.8, 4) is 0 Å². The molecule has 142 valence electrons. The van der Waals surface area contributed by atoms with Crippen LogP contribution in [0.3, 0.4) is 0 Å². The lowest BCUT2D eigenvalue weighted by Crippen LogP contribution is -2.35. The van der Waals surface area contributed by atoms with Gasteiger partial charge in [0.25, 0.3) is 5.56 Å². The Morgan fingerprint density at radius 1 is 0.963 bits per heavy atom. The topological polar surface area (TPSA) is 67.2 Å². The van der Waals surface area contributed by atoms with Crippen molar-refractivity contribution >= 4 is 11.6 Å². The summed E-state index contributed by atoms with van der Waals surface area (Å²) in [7, 11) is 0. The van der Waals surface area contributed by atoms with Crippen LogP contribution < -0.4 is 15.4 Å². The number of anilines is 2. The second-order valence-electron chi connectivity index (χ2n) is 8.39. The molecule has 2 atom stereocenters. The number of hydrogen-bond donors (Lipinski definition) is 0. The minimum Gasteiger partial charge on any atom is -0.356 e. The normalized spacial score (nSPS) is 24.5. The number of hydrogen-bond acceptors (Lipinski definition) is 6. The lowest BCUT2D eigenvalue weighted by Gasteiger charge is -2.24. The van der Waals surface area contributed by atoms with Crippen LogP contribution in [0.5, 0.6) is 0 Å². The fourth-order valence-electron chi connectivity index (χ4n) is 4.56. The Morgan fingerprint density at radius 2 is 1.63 bits per heavy atom. The maximum atomic E-state index is 12.8. The monoisotopic (exact) mass is 366 g/mol. The molecule has 2 saturated heterocycles. The zero-order valence-corrected chi connectivity index (χ0v) is 16.0. The van der Waals surface area contributed by atoms with Crippen molar-refractivity contribution < 1.29 is 0 Å². The summed E-state index contributed by atoms with van der Waals surface area (Å²) in [6.07, 6.45) is 7.77. The van der Waals surface area contributed by atoms with Crippen molar-refractivity contribution in [1.29, 1.82) is 0 Å². The highest BCUT2D eigenvalue weighted by molar-refractivity contribution is 5.50. The summed E-state index contributed by atoms with van der Waals surface area (Å²) in [5.41, 5.74) is 2.29. The molecule has 4 heterocycles. The predicted molar refractivity (Wildman–Crippen MR) is 104 cm³/mol. The molecule has 1 aliphatic carbocycles. The van der Waals surface area contributed by atoms with Gasteiger partial charge >= 0.3 is 0 Å². The van der Waals surface area contributed by atoms with Crippen LogP contribution in [-0.4, -0.2) is 45.7 Å². The maximum Gasteiger partial charge on any atom is 0.293 e. The van der Waals surface area contributed by atoms with E-state index in [4.69, 9.17) is 0 Å². The zero-order chi connectivity index (χ0) is 18.5. The van der Waals surface area contributed by atoms with E-state index in [1.165, 1.54) is 18.4 Å². The quantitative estimate of drug-likeness (QED) is 0.819. The molecule has 0 amide bonds. The van der Waals surface area contributed by atoms with Gasteiger partial charge in [0, 0.05) is 68.2 Å². The Kier molecular flexibility index (Phi) is 3.91. The first-order valence-electron chi connectivity index (χ1n) is 9.93. The van der Waals surface area contributed by atoms with Gasteiger partial charge in [0.05, 0.1) is 0 Å². The first kappa shape index (κ1) is 16.7. The molecule has 27 heavy (non-hydrogen) atoms. The number of nitrogens with zero attached hydrogens (tertiary/aromatic N) is 6. The lowest BCUT2D eigenvalue weighted by atomic mass is 10.0. The van der Waals surface area contributed by atoms with Crippen LogP contribution in [-0.2, 0) is 6.54 Å². The molecular formula is C20H26N6O. The van der Waals surface area contributed by atoms with Crippen molar-refractivity contribution in [3.05, 3.63) is 40.3 Å². The molecule has 1 saturated carbocycles. The van der Waals surface area contributed by atoms with E-state index in [9.17, 15) is 4.79 Å². The Hall–Kier alpha value is -2.44. The largest absolute Gasteiger partial charge is 0.356 e. The lowest BCUT2D eigenvalue weighted by molar-refractivity contribution is 0.533. The Bertz CT molecular complexity index is 907. The highest BCUT2D eigenvalue weighted by Gasteiger charge is 2.42. The van der Waals surface area contributed by atoms with E-state index >= 15 is 0 Å². The van der Waals surface area contributed by atoms with Crippen LogP contribution >= 0.6 is 0 Å². The third kappa shape index (κ3) is 2.99. The van der Waals surface area contributed by atoms with E-state index in [-0.39, 0.29) is 5.56 Å². The van der Waals surface area contributed by atoms with Crippen LogP contribution in [0.2, 0.25) is 0 Å². The van der Waals surface area contributed by atoms with E-state index in [0.717, 1.165) is 44.2 Å². The van der Waals surface area contributed by atoms with Gasteiger partial charge in [-0.1, -0.05) is 0 Å². The molecule has 7 nitrogen and oxygen atoms in total. The van der Waals surface area contributed by atoms with Gasteiger partial charge < -0.3 is 14.4 Å². The molecule has 5 rings (SSSR count). The first-order chi connectivity index (χ1) is 13.1. The summed E-state index contributed by atoms with van der Waals surface area (Å²) in [5, 5.41) is 0. The maximum absolute atomic E-state index is 12.8. The van der Waals surface area contributed by atoms with Gasteiger partial charge in [-0.3, -0.25) is 4.79 Å². The Morgan fingerprint density at radius 3 is 2.30 bits per heavy atom. The minimum absolute atomic E-state index is 0.0727. The third-order valence-corrected chi connectivity index (χ3v) is 6.44. The molecule has 3 fully saturated rings. The standard InChI is InChI=1S/C20H26N6O/c1-13-14(2)22-12-23-18(13)25-8-16-10-26(11-17(16)9-25)19-20(27)24(6-5-21-19)7-15-3-4-15/h5-6,12,15-17H,3-4,7-11H2,1-2H3. The SMILES string of the molecule is Cc1ncnc(N2CC3CN(c4nccn(CC5CC5)c4=O)CC3C2)c1C. The molecule has 3 aliphatic rings. The zero-order valence-electron chi connectivity index (χ0n) is 16.0. The van der Waals surface area contributed by atoms with Crippen LogP contribution in [0.4, 0.5) is 11.6 Å². The molecule has 0 N–H and O–H groups in total. The van der Waals surface area contributed by atoms with Gasteiger partial charge in [-0.2, -0.15) is 0 Å². The summed E-state index contributed by atoms with van der Waals surface area (Å²) in [6, 6.07) is 0. The molecular weight excluding hydrogens is 340 g/mol. The number of rotatable bonds is 4. The summed E-state index contributed by atoms with van der Waals surface area (Å²) in [5.74, 6) is 3.49. The van der Waals surface area contributed by atoms with Gasteiger partial charge in [-0.25, -0.2) is 15.0 Å². The molecule has 7 heteroatoms. The van der Waals surface area contributed by atoms with E-state index in [2.05, 4.69) is 31.7 Å². The number of aryl methyl sites for hydroxylation is 1. The average Bonchev–Trinajstić information content (AvgIpc) is 3.25. The highest BCUT2D eigenvalue weighted by atomic mass is 16.1. The summed E-state index contributed by atoms with van der Waals surface area (Å²) < 4.78 is 1.85. The molecule has 2 aliphatic heterocycles. The molecule has 0 spiro atoms. The average molecular weight is 366 g/mol. The summed E-state index contributed by atoms with van der Waals surface area (Å²) in [6.45, 7) is 8.76. The number of aromatic nitrogens is 4. The molecule has 0 radical (unpaired) electrons. The van der Waals surface area contributed by atoms with Gasteiger partial charge in [-0.15, -0.1) is 0 Å². The molecule has 2 unspecified atom stereocenters. The Labute approximate surface area is 159 Å². The predicted octanol–water partition coefficient (Wildman–Crippen LogP) is 1.63.